The fraction of sp³-hybridized carbons (Fsp3) is 0.429. The van der Waals surface area contributed by atoms with Crippen LogP contribution in [0.3, 0.4) is 0 Å². The number of hydrogen-bond donors (Lipinski definition) is 4. The van der Waals surface area contributed by atoms with Gasteiger partial charge in [0.1, 0.15) is 29.3 Å². The molecule has 2 aliphatic rings. The topological polar surface area (TPSA) is 177 Å². The summed E-state index contributed by atoms with van der Waals surface area (Å²) in [6.07, 6.45) is -3.25. The van der Waals surface area contributed by atoms with Crippen molar-refractivity contribution in [1.82, 2.24) is 14.5 Å². The Morgan fingerprint density at radius 2 is 2.08 bits per heavy atom. The normalized spacial score (nSPS) is 32.8. The number of nitrogen functional groups attached to an aromatic ring is 2. The molecule has 0 saturated carbocycles. The second kappa shape index (κ2) is 8.99. The molecule has 2 aromatic heterocycles. The Morgan fingerprint density at radius 1 is 1.31 bits per heavy atom. The molecule has 12 nitrogen and oxygen atoms in total. The molecule has 194 valence electrons. The fourth-order valence-corrected chi connectivity index (χ4v) is 5.75. The smallest absolute Gasteiger partial charge is 0.387 e. The summed E-state index contributed by atoms with van der Waals surface area (Å²) < 4.78 is 64.1. The van der Waals surface area contributed by atoms with Crippen molar-refractivity contribution in [3.63, 3.8) is 0 Å². The number of nitrogens with zero attached hydrogens (tertiary/aromatic N) is 3. The van der Waals surface area contributed by atoms with E-state index < -0.39 is 56.2 Å². The molecule has 3 aromatic rings. The van der Waals surface area contributed by atoms with Gasteiger partial charge in [-0.15, -0.1) is 0 Å². The van der Waals surface area contributed by atoms with Crippen molar-refractivity contribution < 1.29 is 41.9 Å². The van der Waals surface area contributed by atoms with Gasteiger partial charge in [0.05, 0.1) is 24.7 Å². The summed E-state index contributed by atoms with van der Waals surface area (Å²) >= 11 is 0. The van der Waals surface area contributed by atoms with E-state index in [4.69, 9.17) is 29.8 Å². The van der Waals surface area contributed by atoms with Crippen molar-refractivity contribution >= 4 is 30.6 Å². The average Bonchev–Trinajstić information content (AvgIpc) is 3.33. The van der Waals surface area contributed by atoms with E-state index >= 15 is 0 Å². The maximum Gasteiger partial charge on any atom is 0.475 e. The molecule has 36 heavy (non-hydrogen) atoms. The van der Waals surface area contributed by atoms with Crippen LogP contribution in [-0.4, -0.2) is 55.8 Å². The van der Waals surface area contributed by atoms with E-state index in [1.54, 1.807) is 6.07 Å². The van der Waals surface area contributed by atoms with E-state index in [0.29, 0.717) is 5.39 Å². The third-order valence-electron chi connectivity index (χ3n) is 6.24. The maximum absolute atomic E-state index is 14.2. The summed E-state index contributed by atoms with van der Waals surface area (Å²) in [5, 5.41) is 22.3. The van der Waals surface area contributed by atoms with Gasteiger partial charge in [-0.3, -0.25) is 13.6 Å². The maximum atomic E-state index is 14.2. The number of halogens is 2. The molecule has 0 spiro atoms. The average molecular weight is 527 g/mol. The third-order valence-corrected chi connectivity index (χ3v) is 7.71. The molecular formula is C21H24F2N5O7P. The number of fused-ring (bicyclic) bond motifs is 1. The Balaban J connectivity index is 1.33. The van der Waals surface area contributed by atoms with Gasteiger partial charge in [-0.05, 0) is 19.1 Å². The summed E-state index contributed by atoms with van der Waals surface area (Å²) in [5.74, 6) is -2.15. The molecule has 2 saturated heterocycles. The first-order chi connectivity index (χ1) is 17.0. The lowest BCUT2D eigenvalue weighted by molar-refractivity contribution is -0.0950. The van der Waals surface area contributed by atoms with Crippen LogP contribution in [0.15, 0.2) is 30.5 Å². The molecule has 0 amide bonds. The summed E-state index contributed by atoms with van der Waals surface area (Å²) in [4.78, 5) is 8.03. The molecule has 15 heteroatoms. The number of phosphoric acid groups is 1. The van der Waals surface area contributed by atoms with Gasteiger partial charge in [-0.1, -0.05) is 12.1 Å². The first-order valence-corrected chi connectivity index (χ1v) is 12.4. The Labute approximate surface area is 203 Å². The minimum Gasteiger partial charge on any atom is -0.387 e. The van der Waals surface area contributed by atoms with E-state index in [9.17, 15) is 23.6 Å². The number of aliphatic hydroxyl groups is 2. The Morgan fingerprint density at radius 3 is 2.86 bits per heavy atom. The summed E-state index contributed by atoms with van der Waals surface area (Å²) in [7, 11) is -4.25. The molecule has 5 rings (SSSR count). The number of nitrogens with two attached hydrogens (primary N) is 2. The number of aliphatic hydroxyl groups excluding tert-OH is 1. The predicted octanol–water partition coefficient (Wildman–Crippen LogP) is 2.19. The molecule has 0 radical (unpaired) electrons. The highest BCUT2D eigenvalue weighted by Gasteiger charge is 2.54. The highest BCUT2D eigenvalue weighted by Crippen LogP contribution is 2.57. The summed E-state index contributed by atoms with van der Waals surface area (Å²) in [6, 6.07) is 5.18. The van der Waals surface area contributed by atoms with Crippen LogP contribution in [0.5, 0.6) is 0 Å². The lowest BCUT2D eigenvalue weighted by Gasteiger charge is -2.30. The summed E-state index contributed by atoms with van der Waals surface area (Å²) in [5.41, 5.74) is 9.89. The number of rotatable bonds is 5. The van der Waals surface area contributed by atoms with Gasteiger partial charge < -0.3 is 31.0 Å². The lowest BCUT2D eigenvalue weighted by Crippen LogP contribution is -2.44. The number of aromatic nitrogens is 3. The summed E-state index contributed by atoms with van der Waals surface area (Å²) in [6.45, 7) is 0.729. The van der Waals surface area contributed by atoms with E-state index in [1.165, 1.54) is 29.8 Å². The zero-order valence-electron chi connectivity index (χ0n) is 19.0. The zero-order valence-corrected chi connectivity index (χ0v) is 19.8. The van der Waals surface area contributed by atoms with Crippen molar-refractivity contribution in [2.24, 2.45) is 0 Å². The minimum absolute atomic E-state index is 0.0907. The molecule has 2 fully saturated rings. The van der Waals surface area contributed by atoms with Gasteiger partial charge in [0.15, 0.2) is 17.9 Å². The van der Waals surface area contributed by atoms with Gasteiger partial charge in [-0.25, -0.2) is 13.3 Å². The van der Waals surface area contributed by atoms with Gasteiger partial charge in [-0.2, -0.15) is 9.97 Å². The molecule has 0 unspecified atom stereocenters. The predicted molar refractivity (Wildman–Crippen MR) is 121 cm³/mol. The van der Waals surface area contributed by atoms with Crippen LogP contribution in [0.2, 0.25) is 0 Å². The van der Waals surface area contributed by atoms with Gasteiger partial charge in [0.2, 0.25) is 5.95 Å². The van der Waals surface area contributed by atoms with Crippen LogP contribution >= 0.6 is 7.82 Å². The standard InChI is InChI=1S/C21H24F2N5O7P/c1-21(30)16(29)14(34-19(21)28-7-5-11-17(24)26-20(25)27-18(11)28)9-33-36(31)32-8-6-13(35-36)10-3-2-4-12(22)15(10)23/h2-5,7,13-14,16,19,29-30H,6,8-9H2,1H3,(H4,24,25,26,27)/t13-,14+,16+,19+,21+,36+/m0/s1. The minimum atomic E-state index is -4.25. The number of hydrogen-bond acceptors (Lipinski definition) is 11. The quantitative estimate of drug-likeness (QED) is 0.358. The monoisotopic (exact) mass is 527 g/mol. The molecule has 1 aromatic carbocycles. The second-order valence-electron chi connectivity index (χ2n) is 8.73. The van der Waals surface area contributed by atoms with Crippen LogP contribution < -0.4 is 11.5 Å². The van der Waals surface area contributed by atoms with Crippen LogP contribution in [-0.2, 0) is 22.9 Å². The van der Waals surface area contributed by atoms with Crippen LogP contribution in [0.4, 0.5) is 20.5 Å². The second-order valence-corrected chi connectivity index (χ2v) is 10.3. The van der Waals surface area contributed by atoms with Crippen molar-refractivity contribution in [3.05, 3.63) is 47.7 Å². The molecule has 0 bridgehead atoms. The number of phosphoric ester groups is 1. The SMILES string of the molecule is C[C@@]1(O)[C@H](O)[C@@H](CO[P@@]2(=O)OCC[C@@H](c3cccc(F)c3F)O2)O[C@H]1n1ccc2c(N)nc(N)nc21. The Kier molecular flexibility index (Phi) is 6.24. The zero-order chi connectivity index (χ0) is 25.8. The van der Waals surface area contributed by atoms with Crippen molar-refractivity contribution in [3.8, 4) is 0 Å². The van der Waals surface area contributed by atoms with Crippen LogP contribution in [0.25, 0.3) is 11.0 Å². The third kappa shape index (κ3) is 4.24. The van der Waals surface area contributed by atoms with Gasteiger partial charge >= 0.3 is 7.82 Å². The first kappa shape index (κ1) is 25.0. The molecule has 6 N–H and O–H groups in total. The van der Waals surface area contributed by atoms with Crippen molar-refractivity contribution in [1.29, 1.82) is 0 Å². The van der Waals surface area contributed by atoms with Crippen LogP contribution in [0, 0.1) is 11.6 Å². The largest absolute Gasteiger partial charge is 0.475 e. The Bertz CT molecular complexity index is 1360. The molecule has 6 atom stereocenters. The fourth-order valence-electron chi connectivity index (χ4n) is 4.37. The number of anilines is 2. The number of ether oxygens (including phenoxy) is 1. The van der Waals surface area contributed by atoms with Crippen LogP contribution in [0.1, 0.15) is 31.2 Å². The van der Waals surface area contributed by atoms with E-state index in [0.717, 1.165) is 6.07 Å². The van der Waals surface area contributed by atoms with Crippen molar-refractivity contribution in [2.75, 3.05) is 24.7 Å². The molecule has 4 heterocycles. The van der Waals surface area contributed by atoms with Gasteiger partial charge in [0.25, 0.3) is 0 Å². The molecule has 0 aliphatic carbocycles. The first-order valence-electron chi connectivity index (χ1n) is 11.0. The Hall–Kier alpha value is -2.71. The highest BCUT2D eigenvalue weighted by molar-refractivity contribution is 7.48. The lowest BCUT2D eigenvalue weighted by atomic mass is 9.96. The number of benzene rings is 1. The molecular weight excluding hydrogens is 503 g/mol. The van der Waals surface area contributed by atoms with E-state index in [-0.39, 0.29) is 36.0 Å². The highest BCUT2D eigenvalue weighted by atomic mass is 31.2. The molecule has 2 aliphatic heterocycles. The van der Waals surface area contributed by atoms with Crippen molar-refractivity contribution in [2.45, 2.75) is 43.5 Å². The van der Waals surface area contributed by atoms with Gasteiger partial charge in [0, 0.05) is 18.2 Å². The van der Waals surface area contributed by atoms with E-state index in [1.807, 2.05) is 0 Å². The van der Waals surface area contributed by atoms with E-state index in [2.05, 4.69) is 9.97 Å².